The lowest BCUT2D eigenvalue weighted by molar-refractivity contribution is 0.181. The van der Waals surface area contributed by atoms with Crippen molar-refractivity contribution in [3.05, 3.63) is 84.0 Å². The van der Waals surface area contributed by atoms with Gasteiger partial charge in [0.05, 0.1) is 6.54 Å². The van der Waals surface area contributed by atoms with E-state index >= 15 is 0 Å². The van der Waals surface area contributed by atoms with Crippen molar-refractivity contribution in [2.45, 2.75) is 25.7 Å². The van der Waals surface area contributed by atoms with Crippen LogP contribution in [0.2, 0.25) is 0 Å². The van der Waals surface area contributed by atoms with Gasteiger partial charge in [-0.3, -0.25) is 13.4 Å². The Morgan fingerprint density at radius 2 is 1.90 bits per heavy atom. The molecule has 6 nitrogen and oxygen atoms in total. The van der Waals surface area contributed by atoms with Crippen LogP contribution in [0.5, 0.6) is 5.75 Å². The van der Waals surface area contributed by atoms with Gasteiger partial charge in [0.15, 0.2) is 0 Å². The van der Waals surface area contributed by atoms with Crippen LogP contribution in [-0.4, -0.2) is 27.0 Å². The first kappa shape index (κ1) is 20.0. The summed E-state index contributed by atoms with van der Waals surface area (Å²) in [4.78, 5) is 0. The van der Waals surface area contributed by atoms with Crippen molar-refractivity contribution in [1.29, 1.82) is 0 Å². The molecule has 0 radical (unpaired) electrons. The highest BCUT2D eigenvalue weighted by atomic mass is 32.3. The monoisotopic (exact) mass is 414 g/mol. The average molecular weight is 415 g/mol. The molecule has 1 heterocycles. The van der Waals surface area contributed by atoms with Gasteiger partial charge in [0.25, 0.3) is 0 Å². The maximum atomic E-state index is 10.3. The summed E-state index contributed by atoms with van der Waals surface area (Å²) in [6.45, 7) is 0.436. The lowest BCUT2D eigenvalue weighted by atomic mass is 9.93. The number of hydrogen-bond donors (Lipinski definition) is 4. The van der Waals surface area contributed by atoms with E-state index in [9.17, 15) is 14.2 Å². The standard InChI is InChI=1S/C22H26N2O4S/c25-22-15-24(29(26,27)23-22)20-12-11-19(13-17-7-3-1-4-8-17)14-21(20)28-16-18-9-5-2-6-10-18/h1-7,9-12,14,17,22-23,25-27H,8,13,15-16H2/t17-,22?/m0/s1. The molecule has 2 aromatic carbocycles. The summed E-state index contributed by atoms with van der Waals surface area (Å²) < 4.78 is 30.6. The Morgan fingerprint density at radius 3 is 2.59 bits per heavy atom. The average Bonchev–Trinajstić information content (AvgIpc) is 3.00. The Labute approximate surface area is 172 Å². The van der Waals surface area contributed by atoms with E-state index < -0.39 is 17.2 Å². The largest absolute Gasteiger partial charge is 0.487 e. The normalized spacial score (nSPS) is 23.9. The Kier molecular flexibility index (Phi) is 5.94. The van der Waals surface area contributed by atoms with Gasteiger partial charge in [-0.05, 0) is 42.0 Å². The fourth-order valence-corrected chi connectivity index (χ4v) is 4.95. The third-order valence-electron chi connectivity index (χ3n) is 5.04. The van der Waals surface area contributed by atoms with Crippen LogP contribution in [-0.2, 0) is 13.0 Å². The molecule has 1 aliphatic carbocycles. The second kappa shape index (κ2) is 8.61. The van der Waals surface area contributed by atoms with Crippen LogP contribution in [0.15, 0.2) is 72.8 Å². The van der Waals surface area contributed by atoms with Crippen molar-refractivity contribution in [2.75, 3.05) is 10.8 Å². The number of aliphatic hydroxyl groups is 1. The smallest absolute Gasteiger partial charge is 0.145 e. The Hall–Kier alpha value is -2.29. The molecule has 29 heavy (non-hydrogen) atoms. The van der Waals surface area contributed by atoms with Gasteiger partial charge in [-0.1, -0.05) is 71.7 Å². The molecule has 2 atom stereocenters. The van der Waals surface area contributed by atoms with Crippen LogP contribution in [0.1, 0.15) is 17.5 Å². The van der Waals surface area contributed by atoms with Crippen LogP contribution in [0.25, 0.3) is 0 Å². The van der Waals surface area contributed by atoms with Crippen molar-refractivity contribution < 1.29 is 18.9 Å². The van der Waals surface area contributed by atoms with E-state index in [1.165, 1.54) is 4.31 Å². The molecule has 1 saturated heterocycles. The minimum atomic E-state index is -3.30. The zero-order valence-corrected chi connectivity index (χ0v) is 16.8. The summed E-state index contributed by atoms with van der Waals surface area (Å²) in [7, 11) is -3.30. The molecule has 1 fully saturated rings. The molecule has 0 bridgehead atoms. The van der Waals surface area contributed by atoms with Crippen molar-refractivity contribution in [2.24, 2.45) is 5.92 Å². The fraction of sp³-hybridized carbons (Fsp3) is 0.273. The summed E-state index contributed by atoms with van der Waals surface area (Å²) in [5.41, 5.74) is 2.69. The number of ether oxygens (including phenoxy) is 1. The van der Waals surface area contributed by atoms with Crippen molar-refractivity contribution in [1.82, 2.24) is 4.72 Å². The van der Waals surface area contributed by atoms with Gasteiger partial charge in [-0.25, -0.2) is 0 Å². The fourth-order valence-electron chi connectivity index (χ4n) is 3.61. The molecule has 1 unspecified atom stereocenters. The van der Waals surface area contributed by atoms with E-state index in [4.69, 9.17) is 4.74 Å². The van der Waals surface area contributed by atoms with Crippen LogP contribution < -0.4 is 13.8 Å². The van der Waals surface area contributed by atoms with Gasteiger partial charge in [0.2, 0.25) is 0 Å². The highest BCUT2D eigenvalue weighted by Crippen LogP contribution is 2.49. The highest BCUT2D eigenvalue weighted by Gasteiger charge is 2.36. The molecule has 154 valence electrons. The summed E-state index contributed by atoms with van der Waals surface area (Å²) >= 11 is 0. The Morgan fingerprint density at radius 1 is 1.07 bits per heavy atom. The molecule has 0 saturated carbocycles. The molecule has 2 aliphatic rings. The molecule has 1 aliphatic heterocycles. The second-order valence-corrected chi connectivity index (χ2v) is 9.02. The van der Waals surface area contributed by atoms with E-state index in [1.54, 1.807) is 0 Å². The van der Waals surface area contributed by atoms with E-state index in [2.05, 4.69) is 29.0 Å². The predicted molar refractivity (Wildman–Crippen MR) is 117 cm³/mol. The van der Waals surface area contributed by atoms with Gasteiger partial charge in [0.1, 0.15) is 24.3 Å². The maximum absolute atomic E-state index is 10.3. The molecule has 0 amide bonds. The predicted octanol–water partition coefficient (Wildman–Crippen LogP) is 4.25. The number of benzene rings is 2. The topological polar surface area (TPSA) is 85.2 Å². The maximum Gasteiger partial charge on any atom is 0.145 e. The third kappa shape index (κ3) is 4.83. The lowest BCUT2D eigenvalue weighted by Crippen LogP contribution is -2.26. The minimum Gasteiger partial charge on any atom is -0.487 e. The van der Waals surface area contributed by atoms with E-state index in [1.807, 2.05) is 48.5 Å². The molecular formula is C22H26N2O4S. The van der Waals surface area contributed by atoms with Crippen LogP contribution in [0, 0.1) is 5.92 Å². The number of nitrogens with one attached hydrogen (secondary N) is 1. The number of rotatable bonds is 6. The summed E-state index contributed by atoms with van der Waals surface area (Å²) in [6, 6.07) is 15.6. The minimum absolute atomic E-state index is 0.0690. The highest BCUT2D eigenvalue weighted by molar-refractivity contribution is 8.24. The molecule has 0 aromatic heterocycles. The first-order chi connectivity index (χ1) is 14.0. The van der Waals surface area contributed by atoms with E-state index in [0.717, 1.165) is 24.0 Å². The van der Waals surface area contributed by atoms with E-state index in [0.29, 0.717) is 24.0 Å². The summed E-state index contributed by atoms with van der Waals surface area (Å²) in [6.07, 6.45) is 9.36. The zero-order chi connectivity index (χ0) is 20.3. The van der Waals surface area contributed by atoms with Crippen molar-refractivity contribution in [3.8, 4) is 5.75 Å². The Bertz CT molecular complexity index is 901. The number of β-amino-alcohol motifs (C(OH)–C–C–N with tert-alkyl or cyclic N) is 1. The first-order valence-electron chi connectivity index (χ1n) is 9.65. The number of hydrogen-bond acceptors (Lipinski definition) is 6. The third-order valence-corrected chi connectivity index (χ3v) is 6.59. The van der Waals surface area contributed by atoms with Gasteiger partial charge < -0.3 is 9.84 Å². The number of nitrogens with zero attached hydrogens (tertiary/aromatic N) is 1. The SMILES string of the molecule is OC1CN(c2ccc(C[C@H]3C=CC=CC3)cc2OCc2ccccc2)S(O)(O)N1. The molecule has 2 aromatic rings. The Balaban J connectivity index is 1.60. The molecule has 4 rings (SSSR count). The second-order valence-electron chi connectivity index (χ2n) is 7.30. The summed E-state index contributed by atoms with van der Waals surface area (Å²) in [5.74, 6) is 1.00. The quantitative estimate of drug-likeness (QED) is 0.566. The molecule has 0 spiro atoms. The van der Waals surface area contributed by atoms with Gasteiger partial charge in [-0.15, -0.1) is 0 Å². The molecule has 4 N–H and O–H groups in total. The summed E-state index contributed by atoms with van der Waals surface area (Å²) in [5, 5.41) is 9.86. The number of aliphatic hydroxyl groups excluding tert-OH is 1. The van der Waals surface area contributed by atoms with Crippen LogP contribution in [0.3, 0.4) is 0 Å². The van der Waals surface area contributed by atoms with E-state index in [-0.39, 0.29) is 6.54 Å². The van der Waals surface area contributed by atoms with Crippen molar-refractivity contribution >= 4 is 16.6 Å². The number of anilines is 1. The van der Waals surface area contributed by atoms with Crippen molar-refractivity contribution in [3.63, 3.8) is 0 Å². The lowest BCUT2D eigenvalue weighted by Gasteiger charge is -2.37. The molecule has 7 heteroatoms. The van der Waals surface area contributed by atoms with Gasteiger partial charge in [-0.2, -0.15) is 4.72 Å². The number of allylic oxidation sites excluding steroid dienone is 4. The van der Waals surface area contributed by atoms with Gasteiger partial charge in [0, 0.05) is 0 Å². The van der Waals surface area contributed by atoms with Crippen LogP contribution >= 0.6 is 11.0 Å². The van der Waals surface area contributed by atoms with Gasteiger partial charge >= 0.3 is 0 Å². The van der Waals surface area contributed by atoms with Crippen LogP contribution in [0.4, 0.5) is 5.69 Å². The first-order valence-corrected chi connectivity index (χ1v) is 11.2. The molecular weight excluding hydrogens is 388 g/mol. The zero-order valence-electron chi connectivity index (χ0n) is 16.0.